The molecule has 0 saturated heterocycles. The molecule has 0 radical (unpaired) electrons. The van der Waals surface area contributed by atoms with E-state index in [9.17, 15) is 4.79 Å². The Hall–Kier alpha value is -1.35. The molecular formula is C13H16O3. The molecule has 1 aromatic carbocycles. The number of carboxylic acids is 1. The maximum atomic E-state index is 10.7. The average molecular weight is 220 g/mol. The van der Waals surface area contributed by atoms with E-state index in [4.69, 9.17) is 9.84 Å². The zero-order valence-corrected chi connectivity index (χ0v) is 9.19. The molecule has 1 N–H and O–H groups in total. The summed E-state index contributed by atoms with van der Waals surface area (Å²) in [5.74, 6) is -0.771. The first-order chi connectivity index (χ1) is 7.70. The summed E-state index contributed by atoms with van der Waals surface area (Å²) >= 11 is 0. The van der Waals surface area contributed by atoms with E-state index in [0.29, 0.717) is 6.61 Å². The van der Waals surface area contributed by atoms with Crippen LogP contribution in [0.3, 0.4) is 0 Å². The predicted molar refractivity (Wildman–Crippen MR) is 60.1 cm³/mol. The molecule has 0 bridgehead atoms. The van der Waals surface area contributed by atoms with Crippen molar-refractivity contribution in [2.24, 2.45) is 0 Å². The monoisotopic (exact) mass is 220 g/mol. The highest BCUT2D eigenvalue weighted by Crippen LogP contribution is 2.39. The van der Waals surface area contributed by atoms with Gasteiger partial charge in [0, 0.05) is 0 Å². The van der Waals surface area contributed by atoms with E-state index in [1.807, 2.05) is 30.3 Å². The van der Waals surface area contributed by atoms with Crippen LogP contribution in [0.2, 0.25) is 0 Å². The molecule has 0 spiro atoms. The zero-order valence-electron chi connectivity index (χ0n) is 9.19. The van der Waals surface area contributed by atoms with Crippen molar-refractivity contribution in [2.45, 2.75) is 37.9 Å². The van der Waals surface area contributed by atoms with Crippen molar-refractivity contribution in [1.29, 1.82) is 0 Å². The number of benzene rings is 1. The van der Waals surface area contributed by atoms with Crippen molar-refractivity contribution in [3.8, 4) is 0 Å². The van der Waals surface area contributed by atoms with Crippen LogP contribution in [0.4, 0.5) is 0 Å². The highest BCUT2D eigenvalue weighted by Gasteiger charge is 2.40. The summed E-state index contributed by atoms with van der Waals surface area (Å²) in [6.45, 7) is 0.508. The van der Waals surface area contributed by atoms with E-state index in [1.54, 1.807) is 0 Å². The first-order valence-electron chi connectivity index (χ1n) is 5.60. The molecule has 0 atom stereocenters. The Kier molecular flexibility index (Phi) is 3.25. The van der Waals surface area contributed by atoms with Gasteiger partial charge >= 0.3 is 5.97 Å². The first kappa shape index (κ1) is 11.1. The molecule has 1 aromatic rings. The number of ether oxygens (including phenoxy) is 1. The van der Waals surface area contributed by atoms with Crippen LogP contribution in [0.1, 0.15) is 31.2 Å². The summed E-state index contributed by atoms with van der Waals surface area (Å²) < 4.78 is 5.78. The fraction of sp³-hybridized carbons (Fsp3) is 0.462. The third-order valence-corrected chi connectivity index (χ3v) is 3.13. The molecule has 16 heavy (non-hydrogen) atoms. The summed E-state index contributed by atoms with van der Waals surface area (Å²) in [5.41, 5.74) is 0.695. The maximum Gasteiger partial charge on any atom is 0.306 e. The standard InChI is InChI=1S/C13H16O3/c14-12(15)9-13(7-4-8-13)16-10-11-5-2-1-3-6-11/h1-3,5-6H,4,7-10H2,(H,14,15). The van der Waals surface area contributed by atoms with E-state index >= 15 is 0 Å². The van der Waals surface area contributed by atoms with Crippen molar-refractivity contribution < 1.29 is 14.6 Å². The highest BCUT2D eigenvalue weighted by atomic mass is 16.5. The lowest BCUT2D eigenvalue weighted by atomic mass is 9.77. The van der Waals surface area contributed by atoms with Gasteiger partial charge in [-0.25, -0.2) is 0 Å². The zero-order chi connectivity index (χ0) is 11.4. The van der Waals surface area contributed by atoms with Gasteiger partial charge in [0.05, 0.1) is 18.6 Å². The predicted octanol–water partition coefficient (Wildman–Crippen LogP) is 2.60. The second-order valence-electron chi connectivity index (χ2n) is 4.38. The van der Waals surface area contributed by atoms with E-state index in [-0.39, 0.29) is 6.42 Å². The molecular weight excluding hydrogens is 204 g/mol. The van der Waals surface area contributed by atoms with E-state index in [2.05, 4.69) is 0 Å². The van der Waals surface area contributed by atoms with Crippen molar-refractivity contribution in [2.75, 3.05) is 0 Å². The van der Waals surface area contributed by atoms with Crippen LogP contribution >= 0.6 is 0 Å². The molecule has 1 saturated carbocycles. The average Bonchev–Trinajstić information content (AvgIpc) is 2.23. The van der Waals surface area contributed by atoms with E-state index in [0.717, 1.165) is 24.8 Å². The van der Waals surface area contributed by atoms with Crippen LogP contribution in [0.15, 0.2) is 30.3 Å². The third kappa shape index (κ3) is 2.61. The van der Waals surface area contributed by atoms with Gasteiger partial charge in [0.2, 0.25) is 0 Å². The molecule has 3 nitrogen and oxygen atoms in total. The normalized spacial score (nSPS) is 17.8. The van der Waals surface area contributed by atoms with Gasteiger partial charge in [0.15, 0.2) is 0 Å². The first-order valence-corrected chi connectivity index (χ1v) is 5.60. The minimum absolute atomic E-state index is 0.125. The Bertz CT molecular complexity index is 355. The number of carboxylic acid groups (broad SMARTS) is 1. The lowest BCUT2D eigenvalue weighted by molar-refractivity contribution is -0.156. The Labute approximate surface area is 95.0 Å². The minimum Gasteiger partial charge on any atom is -0.481 e. The van der Waals surface area contributed by atoms with Crippen LogP contribution in [0.25, 0.3) is 0 Å². The summed E-state index contributed by atoms with van der Waals surface area (Å²) in [7, 11) is 0. The van der Waals surface area contributed by atoms with E-state index < -0.39 is 11.6 Å². The lowest BCUT2D eigenvalue weighted by Gasteiger charge is -2.40. The van der Waals surface area contributed by atoms with Crippen LogP contribution in [-0.4, -0.2) is 16.7 Å². The number of carbonyl (C=O) groups is 1. The number of hydrogen-bond donors (Lipinski definition) is 1. The van der Waals surface area contributed by atoms with Crippen molar-refractivity contribution in [3.05, 3.63) is 35.9 Å². The molecule has 1 fully saturated rings. The Morgan fingerprint density at radius 2 is 2.00 bits per heavy atom. The second kappa shape index (κ2) is 4.66. The maximum absolute atomic E-state index is 10.7. The van der Waals surface area contributed by atoms with Gasteiger partial charge in [-0.3, -0.25) is 4.79 Å². The van der Waals surface area contributed by atoms with Crippen molar-refractivity contribution in [3.63, 3.8) is 0 Å². The fourth-order valence-electron chi connectivity index (χ4n) is 2.03. The van der Waals surface area contributed by atoms with Gasteiger partial charge in [-0.1, -0.05) is 30.3 Å². The third-order valence-electron chi connectivity index (χ3n) is 3.13. The lowest BCUT2D eigenvalue weighted by Crippen LogP contribution is -2.42. The van der Waals surface area contributed by atoms with Crippen LogP contribution in [0.5, 0.6) is 0 Å². The molecule has 0 heterocycles. The van der Waals surface area contributed by atoms with Gasteiger partial charge in [0.25, 0.3) is 0 Å². The minimum atomic E-state index is -0.771. The van der Waals surface area contributed by atoms with Crippen molar-refractivity contribution >= 4 is 5.97 Å². The van der Waals surface area contributed by atoms with Crippen LogP contribution < -0.4 is 0 Å². The second-order valence-corrected chi connectivity index (χ2v) is 4.38. The number of aliphatic carboxylic acids is 1. The van der Waals surface area contributed by atoms with Gasteiger partial charge in [-0.05, 0) is 24.8 Å². The van der Waals surface area contributed by atoms with Crippen molar-refractivity contribution in [1.82, 2.24) is 0 Å². The van der Waals surface area contributed by atoms with E-state index in [1.165, 1.54) is 0 Å². The Balaban J connectivity index is 1.90. The summed E-state index contributed by atoms with van der Waals surface area (Å²) in [6.07, 6.45) is 2.93. The Morgan fingerprint density at radius 3 is 2.50 bits per heavy atom. The van der Waals surface area contributed by atoms with Gasteiger partial charge < -0.3 is 9.84 Å². The van der Waals surface area contributed by atoms with Crippen LogP contribution in [-0.2, 0) is 16.1 Å². The summed E-state index contributed by atoms with van der Waals surface area (Å²) in [4.78, 5) is 10.7. The SMILES string of the molecule is O=C(O)CC1(OCc2ccccc2)CCC1. The largest absolute Gasteiger partial charge is 0.481 e. The fourth-order valence-corrected chi connectivity index (χ4v) is 2.03. The van der Waals surface area contributed by atoms with Gasteiger partial charge in [-0.15, -0.1) is 0 Å². The van der Waals surface area contributed by atoms with Gasteiger partial charge in [0.1, 0.15) is 0 Å². The molecule has 0 unspecified atom stereocenters. The number of hydrogen-bond acceptors (Lipinski definition) is 2. The molecule has 2 rings (SSSR count). The van der Waals surface area contributed by atoms with Crippen LogP contribution in [0, 0.1) is 0 Å². The molecule has 1 aliphatic rings. The molecule has 0 aliphatic heterocycles. The quantitative estimate of drug-likeness (QED) is 0.829. The molecule has 0 amide bonds. The smallest absolute Gasteiger partial charge is 0.306 e. The van der Waals surface area contributed by atoms with Gasteiger partial charge in [-0.2, -0.15) is 0 Å². The summed E-state index contributed by atoms with van der Waals surface area (Å²) in [5, 5.41) is 8.83. The highest BCUT2D eigenvalue weighted by molar-refractivity contribution is 5.68. The number of rotatable bonds is 5. The molecule has 0 aromatic heterocycles. The molecule has 86 valence electrons. The summed E-state index contributed by atoms with van der Waals surface area (Å²) in [6, 6.07) is 9.87. The molecule has 3 heteroatoms. The topological polar surface area (TPSA) is 46.5 Å². The Morgan fingerprint density at radius 1 is 1.31 bits per heavy atom. The molecule has 1 aliphatic carbocycles.